The van der Waals surface area contributed by atoms with E-state index in [2.05, 4.69) is 24.5 Å². The monoisotopic (exact) mass is 246 g/mol. The van der Waals surface area contributed by atoms with Gasteiger partial charge in [-0.2, -0.15) is 0 Å². The van der Waals surface area contributed by atoms with Gasteiger partial charge in [0.05, 0.1) is 19.3 Å². The smallest absolute Gasteiger partial charge is 0.171 e. The maximum atomic E-state index is 5.44. The maximum Gasteiger partial charge on any atom is 0.171 e. The van der Waals surface area contributed by atoms with E-state index in [1.165, 1.54) is 0 Å². The van der Waals surface area contributed by atoms with Crippen LogP contribution < -0.4 is 10.6 Å². The Morgan fingerprint density at radius 3 is 2.59 bits per heavy atom. The molecule has 0 aromatic carbocycles. The second-order valence-corrected chi connectivity index (χ2v) is 4.66. The van der Waals surface area contributed by atoms with Gasteiger partial charge in [0.2, 0.25) is 0 Å². The van der Waals surface area contributed by atoms with Crippen molar-refractivity contribution in [1.29, 1.82) is 0 Å². The van der Waals surface area contributed by atoms with Gasteiger partial charge in [0.1, 0.15) is 0 Å². The van der Waals surface area contributed by atoms with Crippen LogP contribution in [0.2, 0.25) is 0 Å². The molecule has 3 atom stereocenters. The Bertz CT molecular complexity index is 194. The first-order valence-corrected chi connectivity index (χ1v) is 6.30. The van der Waals surface area contributed by atoms with Crippen LogP contribution in [0, 0.1) is 0 Å². The Morgan fingerprint density at radius 2 is 2.06 bits per heavy atom. The first kappa shape index (κ1) is 14.9. The molecule has 0 spiro atoms. The molecule has 0 radical (unpaired) electrons. The summed E-state index contributed by atoms with van der Waals surface area (Å²) in [5, 5.41) is 6.94. The molecular formula is C12H26N2O3. The van der Waals surface area contributed by atoms with Crippen molar-refractivity contribution in [3.63, 3.8) is 0 Å². The quantitative estimate of drug-likeness (QED) is 0.635. The summed E-state index contributed by atoms with van der Waals surface area (Å²) in [7, 11) is 3.32. The zero-order valence-electron chi connectivity index (χ0n) is 11.4. The second kappa shape index (κ2) is 8.00. The van der Waals surface area contributed by atoms with Crippen molar-refractivity contribution in [3.8, 4) is 0 Å². The van der Waals surface area contributed by atoms with Gasteiger partial charge < -0.3 is 24.8 Å². The van der Waals surface area contributed by atoms with E-state index in [0.29, 0.717) is 12.1 Å². The molecule has 0 aromatic rings. The van der Waals surface area contributed by atoms with E-state index in [0.717, 1.165) is 26.2 Å². The van der Waals surface area contributed by atoms with Gasteiger partial charge in [-0.15, -0.1) is 0 Å². The van der Waals surface area contributed by atoms with Crippen molar-refractivity contribution in [2.75, 3.05) is 34.0 Å². The molecule has 5 heteroatoms. The molecule has 0 bridgehead atoms. The summed E-state index contributed by atoms with van der Waals surface area (Å²) >= 11 is 0. The molecule has 0 aliphatic carbocycles. The van der Waals surface area contributed by atoms with Crippen LogP contribution in [-0.2, 0) is 14.2 Å². The zero-order chi connectivity index (χ0) is 12.7. The summed E-state index contributed by atoms with van der Waals surface area (Å²) in [5.41, 5.74) is 0. The van der Waals surface area contributed by atoms with E-state index in [4.69, 9.17) is 14.2 Å². The molecule has 0 amide bonds. The minimum atomic E-state index is -0.201. The minimum absolute atomic E-state index is 0.171. The van der Waals surface area contributed by atoms with Gasteiger partial charge in [0.15, 0.2) is 6.29 Å². The highest BCUT2D eigenvalue weighted by Crippen LogP contribution is 2.06. The number of methoxy groups -OCH3 is 2. The summed E-state index contributed by atoms with van der Waals surface area (Å²) in [5.74, 6) is 0. The number of morpholine rings is 1. The number of rotatable bonds is 7. The van der Waals surface area contributed by atoms with Crippen LogP contribution in [0.15, 0.2) is 0 Å². The predicted molar refractivity (Wildman–Crippen MR) is 67.1 cm³/mol. The second-order valence-electron chi connectivity index (χ2n) is 4.66. The Hall–Kier alpha value is -0.200. The third-order valence-corrected chi connectivity index (χ3v) is 3.06. The van der Waals surface area contributed by atoms with Crippen molar-refractivity contribution in [3.05, 3.63) is 0 Å². The van der Waals surface area contributed by atoms with Crippen LogP contribution >= 0.6 is 0 Å². The van der Waals surface area contributed by atoms with Crippen LogP contribution in [-0.4, -0.2) is 58.4 Å². The number of nitrogens with one attached hydrogen (secondary N) is 2. The molecule has 2 N–H and O–H groups in total. The highest BCUT2D eigenvalue weighted by molar-refractivity contribution is 4.78. The van der Waals surface area contributed by atoms with Crippen molar-refractivity contribution in [2.45, 2.75) is 44.7 Å². The van der Waals surface area contributed by atoms with Crippen LogP contribution in [0.3, 0.4) is 0 Å². The molecular weight excluding hydrogens is 220 g/mol. The highest BCUT2D eigenvalue weighted by Gasteiger charge is 2.21. The Morgan fingerprint density at radius 1 is 1.35 bits per heavy atom. The van der Waals surface area contributed by atoms with E-state index >= 15 is 0 Å². The fraction of sp³-hybridized carbons (Fsp3) is 1.00. The summed E-state index contributed by atoms with van der Waals surface area (Å²) < 4.78 is 15.9. The molecule has 1 aliphatic heterocycles. The normalized spacial score (nSPS) is 24.9. The van der Waals surface area contributed by atoms with Gasteiger partial charge in [-0.1, -0.05) is 0 Å². The van der Waals surface area contributed by atoms with Gasteiger partial charge in [-0.25, -0.2) is 0 Å². The van der Waals surface area contributed by atoms with Crippen molar-refractivity contribution in [2.24, 2.45) is 0 Å². The minimum Gasteiger partial charge on any atom is -0.379 e. The molecule has 102 valence electrons. The van der Waals surface area contributed by atoms with Gasteiger partial charge in [-0.05, 0) is 20.3 Å². The fourth-order valence-electron chi connectivity index (χ4n) is 2.30. The van der Waals surface area contributed by atoms with Gasteiger partial charge >= 0.3 is 0 Å². The van der Waals surface area contributed by atoms with E-state index in [1.54, 1.807) is 14.2 Å². The molecule has 1 fully saturated rings. The van der Waals surface area contributed by atoms with Crippen molar-refractivity contribution < 1.29 is 14.2 Å². The lowest BCUT2D eigenvalue weighted by Gasteiger charge is -2.30. The molecule has 0 aromatic heterocycles. The Labute approximate surface area is 104 Å². The molecule has 3 unspecified atom stereocenters. The van der Waals surface area contributed by atoms with E-state index in [-0.39, 0.29) is 12.3 Å². The number of ether oxygens (including phenoxy) is 3. The topological polar surface area (TPSA) is 51.8 Å². The highest BCUT2D eigenvalue weighted by atomic mass is 16.7. The van der Waals surface area contributed by atoms with Crippen LogP contribution in [0.1, 0.15) is 20.3 Å². The van der Waals surface area contributed by atoms with Crippen LogP contribution in [0.5, 0.6) is 0 Å². The third-order valence-electron chi connectivity index (χ3n) is 3.06. The fourth-order valence-corrected chi connectivity index (χ4v) is 2.30. The molecule has 5 nitrogen and oxygen atoms in total. The number of hydrogen-bond acceptors (Lipinski definition) is 5. The number of hydrogen-bond donors (Lipinski definition) is 2. The SMILES string of the molecule is COC(OC)C(C)NC(C)CC1COCCN1. The molecule has 1 heterocycles. The van der Waals surface area contributed by atoms with Crippen LogP contribution in [0.4, 0.5) is 0 Å². The zero-order valence-corrected chi connectivity index (χ0v) is 11.4. The van der Waals surface area contributed by atoms with Gasteiger partial charge in [-0.3, -0.25) is 0 Å². The van der Waals surface area contributed by atoms with Crippen molar-refractivity contribution in [1.82, 2.24) is 10.6 Å². The average molecular weight is 246 g/mol. The predicted octanol–water partition coefficient (Wildman–Crippen LogP) is 0.350. The molecule has 1 rings (SSSR count). The maximum absolute atomic E-state index is 5.44. The molecule has 17 heavy (non-hydrogen) atoms. The summed E-state index contributed by atoms with van der Waals surface area (Å²) in [6.07, 6.45) is 0.845. The Kier molecular flexibility index (Phi) is 6.99. The first-order chi connectivity index (χ1) is 8.17. The van der Waals surface area contributed by atoms with Crippen LogP contribution in [0.25, 0.3) is 0 Å². The summed E-state index contributed by atoms with van der Waals surface area (Å²) in [6, 6.07) is 1.02. The van der Waals surface area contributed by atoms with Gasteiger partial charge in [0.25, 0.3) is 0 Å². The lowest BCUT2D eigenvalue weighted by atomic mass is 10.1. The molecule has 1 aliphatic rings. The van der Waals surface area contributed by atoms with Gasteiger partial charge in [0, 0.05) is 32.8 Å². The third kappa shape index (κ3) is 5.31. The Balaban J connectivity index is 2.24. The van der Waals surface area contributed by atoms with E-state index in [9.17, 15) is 0 Å². The average Bonchev–Trinajstić information content (AvgIpc) is 2.31. The standard InChI is InChI=1S/C12H26N2O3/c1-9(7-11-8-17-6-5-13-11)14-10(2)12(15-3)16-4/h9-14H,5-8H2,1-4H3. The molecule has 0 saturated carbocycles. The largest absolute Gasteiger partial charge is 0.379 e. The lowest BCUT2D eigenvalue weighted by molar-refractivity contribution is -0.121. The lowest BCUT2D eigenvalue weighted by Crippen LogP contribution is -2.49. The molecule has 1 saturated heterocycles. The first-order valence-electron chi connectivity index (χ1n) is 6.30. The van der Waals surface area contributed by atoms with E-state index < -0.39 is 0 Å². The van der Waals surface area contributed by atoms with E-state index in [1.807, 2.05) is 0 Å². The summed E-state index contributed by atoms with van der Waals surface area (Å²) in [4.78, 5) is 0. The summed E-state index contributed by atoms with van der Waals surface area (Å²) in [6.45, 7) is 6.82. The van der Waals surface area contributed by atoms with Crippen molar-refractivity contribution >= 4 is 0 Å².